The summed E-state index contributed by atoms with van der Waals surface area (Å²) in [4.78, 5) is 14.2. The number of benzene rings is 1. The number of ether oxygens (including phenoxy) is 2. The Hall–Kier alpha value is -1.93. The van der Waals surface area contributed by atoms with E-state index in [2.05, 4.69) is 20.3 Å². The van der Waals surface area contributed by atoms with Crippen LogP contribution < -0.4 is 15.4 Å². The zero-order chi connectivity index (χ0) is 17.4. The Bertz CT molecular complexity index is 514. The number of carbonyl (C=O) groups excluding carboxylic acids is 1. The summed E-state index contributed by atoms with van der Waals surface area (Å²) in [6, 6.07) is 5.77. The van der Waals surface area contributed by atoms with Crippen molar-refractivity contribution in [1.82, 2.24) is 10.2 Å². The highest BCUT2D eigenvalue weighted by Crippen LogP contribution is 2.18. The Labute approximate surface area is 140 Å². The third-order valence-electron chi connectivity index (χ3n) is 3.92. The second-order valence-electron chi connectivity index (χ2n) is 5.56. The third kappa shape index (κ3) is 5.93. The molecule has 2 amide bonds. The van der Waals surface area contributed by atoms with E-state index < -0.39 is 6.61 Å². The molecule has 0 aromatic heterocycles. The highest BCUT2D eigenvalue weighted by atomic mass is 19.3. The normalized spacial score (nSPS) is 17.9. The fraction of sp³-hybridized carbons (Fsp3) is 0.562. The smallest absolute Gasteiger partial charge is 0.387 e. The molecule has 1 aliphatic heterocycles. The van der Waals surface area contributed by atoms with Gasteiger partial charge in [-0.15, -0.1) is 0 Å². The van der Waals surface area contributed by atoms with Gasteiger partial charge in [0.2, 0.25) is 0 Å². The number of amides is 2. The zero-order valence-corrected chi connectivity index (χ0v) is 13.6. The van der Waals surface area contributed by atoms with Gasteiger partial charge in [0.1, 0.15) is 5.75 Å². The Morgan fingerprint density at radius 2 is 2.12 bits per heavy atom. The number of methoxy groups -OCH3 is 1. The van der Waals surface area contributed by atoms with Crippen LogP contribution in [0.15, 0.2) is 24.3 Å². The minimum absolute atomic E-state index is 0.0516. The minimum Gasteiger partial charge on any atom is -0.435 e. The largest absolute Gasteiger partial charge is 0.435 e. The van der Waals surface area contributed by atoms with E-state index in [1.54, 1.807) is 7.11 Å². The number of hydrogen-bond acceptors (Lipinski definition) is 4. The van der Waals surface area contributed by atoms with Gasteiger partial charge in [0, 0.05) is 31.9 Å². The van der Waals surface area contributed by atoms with Crippen molar-refractivity contribution in [2.45, 2.75) is 25.5 Å². The molecule has 0 aliphatic carbocycles. The number of nitrogens with one attached hydrogen (secondary N) is 2. The number of anilines is 1. The van der Waals surface area contributed by atoms with Crippen molar-refractivity contribution >= 4 is 11.7 Å². The van der Waals surface area contributed by atoms with Gasteiger partial charge in [-0.25, -0.2) is 4.79 Å². The molecule has 1 aromatic rings. The molecular formula is C16H23F2N3O3. The van der Waals surface area contributed by atoms with Crippen LogP contribution in [0.2, 0.25) is 0 Å². The summed E-state index contributed by atoms with van der Waals surface area (Å²) in [6.07, 6.45) is 2.16. The molecule has 0 radical (unpaired) electrons. The summed E-state index contributed by atoms with van der Waals surface area (Å²) in [5.74, 6) is 0.0516. The van der Waals surface area contributed by atoms with E-state index in [0.717, 1.165) is 25.9 Å². The SMILES string of the molecule is COCCN1CCC[C@H]1CNC(=O)Nc1ccc(OC(F)F)cc1. The van der Waals surface area contributed by atoms with Gasteiger partial charge in [-0.1, -0.05) is 0 Å². The second-order valence-corrected chi connectivity index (χ2v) is 5.56. The first-order chi connectivity index (χ1) is 11.6. The molecule has 1 aliphatic rings. The summed E-state index contributed by atoms with van der Waals surface area (Å²) in [6.45, 7) is 0.246. The topological polar surface area (TPSA) is 62.8 Å². The van der Waals surface area contributed by atoms with Crippen molar-refractivity contribution in [1.29, 1.82) is 0 Å². The van der Waals surface area contributed by atoms with Crippen LogP contribution >= 0.6 is 0 Å². The van der Waals surface area contributed by atoms with Gasteiger partial charge in [-0.05, 0) is 43.7 Å². The summed E-state index contributed by atoms with van der Waals surface area (Å²) >= 11 is 0. The van der Waals surface area contributed by atoms with Gasteiger partial charge in [0.15, 0.2) is 0 Å². The fourth-order valence-corrected chi connectivity index (χ4v) is 2.73. The van der Waals surface area contributed by atoms with Gasteiger partial charge < -0.3 is 20.1 Å². The lowest BCUT2D eigenvalue weighted by atomic mass is 10.2. The predicted molar refractivity (Wildman–Crippen MR) is 86.6 cm³/mol. The first kappa shape index (κ1) is 18.4. The standard InChI is InChI=1S/C16H23F2N3O3/c1-23-10-9-21-8-2-3-13(21)11-19-16(22)20-12-4-6-14(7-5-12)24-15(17)18/h4-7,13,15H,2-3,8-11H2,1H3,(H2,19,20,22)/t13-/m0/s1. The molecule has 134 valence electrons. The summed E-state index contributed by atoms with van der Waals surface area (Å²) in [7, 11) is 1.67. The number of carbonyl (C=O) groups is 1. The number of rotatable bonds is 8. The van der Waals surface area contributed by atoms with Gasteiger partial charge in [-0.3, -0.25) is 4.90 Å². The Kier molecular flexibility index (Phi) is 7.20. The molecule has 1 saturated heterocycles. The van der Waals surface area contributed by atoms with Crippen LogP contribution in [0, 0.1) is 0 Å². The molecule has 0 saturated carbocycles. The van der Waals surface area contributed by atoms with Crippen LogP contribution in [0.4, 0.5) is 19.3 Å². The molecule has 24 heavy (non-hydrogen) atoms. The van der Waals surface area contributed by atoms with Crippen molar-refractivity contribution in [3.8, 4) is 5.75 Å². The van der Waals surface area contributed by atoms with Crippen molar-refractivity contribution < 1.29 is 23.0 Å². The van der Waals surface area contributed by atoms with Crippen molar-refractivity contribution in [2.75, 3.05) is 38.7 Å². The molecule has 0 bridgehead atoms. The molecule has 1 aromatic carbocycles. The van der Waals surface area contributed by atoms with E-state index in [1.165, 1.54) is 24.3 Å². The fourth-order valence-electron chi connectivity index (χ4n) is 2.73. The molecule has 1 heterocycles. The quantitative estimate of drug-likeness (QED) is 0.761. The van der Waals surface area contributed by atoms with Gasteiger partial charge in [-0.2, -0.15) is 8.78 Å². The number of halogens is 2. The average molecular weight is 343 g/mol. The van der Waals surface area contributed by atoms with Crippen molar-refractivity contribution in [3.63, 3.8) is 0 Å². The molecule has 8 heteroatoms. The Balaban J connectivity index is 1.74. The van der Waals surface area contributed by atoms with E-state index in [0.29, 0.717) is 24.9 Å². The summed E-state index contributed by atoms with van der Waals surface area (Å²) < 4.78 is 33.5. The van der Waals surface area contributed by atoms with E-state index in [-0.39, 0.29) is 11.8 Å². The van der Waals surface area contributed by atoms with Gasteiger partial charge in [0.05, 0.1) is 6.61 Å². The maximum Gasteiger partial charge on any atom is 0.387 e. The molecule has 2 N–H and O–H groups in total. The first-order valence-electron chi connectivity index (χ1n) is 7.91. The lowest BCUT2D eigenvalue weighted by Gasteiger charge is -2.24. The Morgan fingerprint density at radius 3 is 2.79 bits per heavy atom. The molecule has 2 rings (SSSR count). The van der Waals surface area contributed by atoms with Crippen LogP contribution in [0.3, 0.4) is 0 Å². The van der Waals surface area contributed by atoms with Crippen LogP contribution in [0.25, 0.3) is 0 Å². The van der Waals surface area contributed by atoms with Crippen LogP contribution in [0.1, 0.15) is 12.8 Å². The molecule has 0 unspecified atom stereocenters. The number of alkyl halides is 2. The maximum atomic E-state index is 12.1. The van der Waals surface area contributed by atoms with Gasteiger partial charge in [0.25, 0.3) is 0 Å². The zero-order valence-electron chi connectivity index (χ0n) is 13.6. The lowest BCUT2D eigenvalue weighted by Crippen LogP contribution is -2.42. The van der Waals surface area contributed by atoms with Gasteiger partial charge >= 0.3 is 12.6 Å². The molecule has 1 fully saturated rings. The molecule has 6 nitrogen and oxygen atoms in total. The predicted octanol–water partition coefficient (Wildman–Crippen LogP) is 2.52. The maximum absolute atomic E-state index is 12.1. The monoisotopic (exact) mass is 343 g/mol. The van der Waals surface area contributed by atoms with E-state index in [1.807, 2.05) is 0 Å². The van der Waals surface area contributed by atoms with Crippen molar-refractivity contribution in [2.24, 2.45) is 0 Å². The first-order valence-corrected chi connectivity index (χ1v) is 7.91. The van der Waals surface area contributed by atoms with Crippen molar-refractivity contribution in [3.05, 3.63) is 24.3 Å². The Morgan fingerprint density at radius 1 is 1.38 bits per heavy atom. The summed E-state index contributed by atoms with van der Waals surface area (Å²) in [5, 5.41) is 5.51. The van der Waals surface area contributed by atoms with Crippen LogP contribution in [0.5, 0.6) is 5.75 Å². The third-order valence-corrected chi connectivity index (χ3v) is 3.92. The van der Waals surface area contributed by atoms with E-state index in [9.17, 15) is 13.6 Å². The van der Waals surface area contributed by atoms with E-state index >= 15 is 0 Å². The summed E-state index contributed by atoms with van der Waals surface area (Å²) in [5.41, 5.74) is 0.511. The molecule has 1 atom stereocenters. The number of nitrogens with zero attached hydrogens (tertiary/aromatic N) is 1. The second kappa shape index (κ2) is 9.39. The number of likely N-dealkylation sites (tertiary alicyclic amines) is 1. The highest BCUT2D eigenvalue weighted by molar-refractivity contribution is 5.89. The number of urea groups is 1. The number of hydrogen-bond donors (Lipinski definition) is 2. The van der Waals surface area contributed by atoms with Crippen LogP contribution in [-0.4, -0.2) is 56.9 Å². The highest BCUT2D eigenvalue weighted by Gasteiger charge is 2.24. The van der Waals surface area contributed by atoms with Crippen LogP contribution in [-0.2, 0) is 4.74 Å². The minimum atomic E-state index is -2.86. The lowest BCUT2D eigenvalue weighted by molar-refractivity contribution is -0.0498. The average Bonchev–Trinajstić information content (AvgIpc) is 3.00. The molecule has 0 spiro atoms. The molecular weight excluding hydrogens is 320 g/mol. The van der Waals surface area contributed by atoms with E-state index in [4.69, 9.17) is 4.74 Å².